The molecule has 0 fully saturated rings. The van der Waals surface area contributed by atoms with E-state index in [1.54, 1.807) is 36.4 Å². The van der Waals surface area contributed by atoms with Crippen LogP contribution in [0.4, 0.5) is 5.69 Å². The highest BCUT2D eigenvalue weighted by Crippen LogP contribution is 2.27. The van der Waals surface area contributed by atoms with E-state index in [1.165, 1.54) is 39.4 Å². The molecule has 0 saturated heterocycles. The summed E-state index contributed by atoms with van der Waals surface area (Å²) in [5.41, 5.74) is 1.12. The summed E-state index contributed by atoms with van der Waals surface area (Å²) in [6.07, 6.45) is 2.84. The van der Waals surface area contributed by atoms with Gasteiger partial charge in [0.15, 0.2) is 0 Å². The van der Waals surface area contributed by atoms with Crippen LogP contribution in [0.15, 0.2) is 53.4 Å². The minimum atomic E-state index is -3.67. The van der Waals surface area contributed by atoms with Crippen molar-refractivity contribution in [1.82, 2.24) is 4.31 Å². The molecule has 0 spiro atoms. The molecule has 2 rings (SSSR count). The topological polar surface area (TPSA) is 75.7 Å². The molecule has 0 aliphatic carbocycles. The summed E-state index contributed by atoms with van der Waals surface area (Å²) >= 11 is 5.87. The summed E-state index contributed by atoms with van der Waals surface area (Å²) in [7, 11) is 0.606. The van der Waals surface area contributed by atoms with E-state index in [1.807, 2.05) is 0 Å². The second-order valence-electron chi connectivity index (χ2n) is 5.53. The van der Waals surface area contributed by atoms with Crippen LogP contribution in [0.5, 0.6) is 5.75 Å². The largest absolute Gasteiger partial charge is 0.495 e. The number of halogens is 1. The fourth-order valence-electron chi connectivity index (χ4n) is 2.12. The van der Waals surface area contributed by atoms with Crippen molar-refractivity contribution in [3.05, 3.63) is 59.1 Å². The number of anilines is 1. The molecule has 1 amide bonds. The van der Waals surface area contributed by atoms with Crippen molar-refractivity contribution in [2.75, 3.05) is 26.5 Å². The van der Waals surface area contributed by atoms with Crippen molar-refractivity contribution in [2.24, 2.45) is 0 Å². The van der Waals surface area contributed by atoms with E-state index >= 15 is 0 Å². The Labute approximate surface area is 158 Å². The molecule has 0 bridgehead atoms. The van der Waals surface area contributed by atoms with E-state index in [0.717, 1.165) is 4.31 Å². The van der Waals surface area contributed by atoms with E-state index in [0.29, 0.717) is 16.3 Å². The predicted octanol–water partition coefficient (Wildman–Crippen LogP) is 3.25. The minimum Gasteiger partial charge on any atom is -0.495 e. The van der Waals surface area contributed by atoms with Gasteiger partial charge < -0.3 is 10.1 Å². The zero-order chi connectivity index (χ0) is 19.3. The van der Waals surface area contributed by atoms with Crippen LogP contribution in [-0.2, 0) is 14.8 Å². The number of sulfonamides is 1. The fourth-order valence-corrected chi connectivity index (χ4v) is 3.39. The highest BCUT2D eigenvalue weighted by molar-refractivity contribution is 7.89. The Morgan fingerprint density at radius 1 is 1.19 bits per heavy atom. The summed E-state index contributed by atoms with van der Waals surface area (Å²) in [6.45, 7) is 0. The first-order valence-corrected chi connectivity index (χ1v) is 9.41. The Balaban J connectivity index is 2.24. The van der Waals surface area contributed by atoms with Crippen LogP contribution >= 0.6 is 11.6 Å². The van der Waals surface area contributed by atoms with Gasteiger partial charge in [-0.2, -0.15) is 0 Å². The Kier molecular flexibility index (Phi) is 6.42. The smallest absolute Gasteiger partial charge is 0.248 e. The van der Waals surface area contributed by atoms with Gasteiger partial charge in [-0.3, -0.25) is 4.79 Å². The molecule has 0 radical (unpaired) electrons. The van der Waals surface area contributed by atoms with Gasteiger partial charge in [0.1, 0.15) is 10.6 Å². The number of hydrogen-bond donors (Lipinski definition) is 1. The second-order valence-corrected chi connectivity index (χ2v) is 8.09. The van der Waals surface area contributed by atoms with E-state index in [2.05, 4.69) is 5.32 Å². The molecule has 26 heavy (non-hydrogen) atoms. The normalized spacial score (nSPS) is 11.7. The van der Waals surface area contributed by atoms with E-state index in [4.69, 9.17) is 16.3 Å². The Hall–Kier alpha value is -2.35. The molecule has 8 heteroatoms. The summed E-state index contributed by atoms with van der Waals surface area (Å²) < 4.78 is 31.0. The van der Waals surface area contributed by atoms with Crippen LogP contribution in [0, 0.1) is 0 Å². The average Bonchev–Trinajstić information content (AvgIpc) is 2.59. The van der Waals surface area contributed by atoms with Crippen LogP contribution in [-0.4, -0.2) is 39.8 Å². The van der Waals surface area contributed by atoms with Gasteiger partial charge in [0, 0.05) is 30.9 Å². The van der Waals surface area contributed by atoms with Crippen LogP contribution in [0.1, 0.15) is 5.56 Å². The first-order chi connectivity index (χ1) is 12.2. The SMILES string of the molecule is COc1ccc(/C=C/C(=O)Nc2cccc(Cl)c2)cc1S(=O)(=O)N(C)C. The van der Waals surface area contributed by atoms with Crippen molar-refractivity contribution in [3.63, 3.8) is 0 Å². The Morgan fingerprint density at radius 3 is 2.54 bits per heavy atom. The number of nitrogens with one attached hydrogen (secondary N) is 1. The lowest BCUT2D eigenvalue weighted by molar-refractivity contribution is -0.111. The van der Waals surface area contributed by atoms with Crippen LogP contribution < -0.4 is 10.1 Å². The fraction of sp³-hybridized carbons (Fsp3) is 0.167. The molecule has 0 atom stereocenters. The number of rotatable bonds is 6. The van der Waals surface area contributed by atoms with Gasteiger partial charge in [-0.25, -0.2) is 12.7 Å². The lowest BCUT2D eigenvalue weighted by atomic mass is 10.2. The molecule has 1 N–H and O–H groups in total. The number of benzene rings is 2. The highest BCUT2D eigenvalue weighted by Gasteiger charge is 2.22. The van der Waals surface area contributed by atoms with Gasteiger partial charge in [0.25, 0.3) is 0 Å². The molecule has 6 nitrogen and oxygen atoms in total. The first-order valence-electron chi connectivity index (χ1n) is 7.59. The monoisotopic (exact) mass is 394 g/mol. The third-order valence-electron chi connectivity index (χ3n) is 3.47. The van der Waals surface area contributed by atoms with Crippen molar-refractivity contribution in [2.45, 2.75) is 4.90 Å². The van der Waals surface area contributed by atoms with Crippen LogP contribution in [0.25, 0.3) is 6.08 Å². The molecular formula is C18H19ClN2O4S. The highest BCUT2D eigenvalue weighted by atomic mass is 35.5. The van der Waals surface area contributed by atoms with Crippen molar-refractivity contribution < 1.29 is 17.9 Å². The molecule has 0 aliphatic heterocycles. The number of carbonyl (C=O) groups is 1. The van der Waals surface area contributed by atoms with Crippen LogP contribution in [0.2, 0.25) is 5.02 Å². The second kappa shape index (κ2) is 8.35. The maximum atomic E-state index is 12.4. The Bertz CT molecular complexity index is 940. The van der Waals surface area contributed by atoms with E-state index in [-0.39, 0.29) is 16.6 Å². The Morgan fingerprint density at radius 2 is 1.92 bits per heavy atom. The molecule has 2 aromatic rings. The maximum absolute atomic E-state index is 12.4. The number of ether oxygens (including phenoxy) is 1. The molecule has 0 saturated carbocycles. The molecule has 0 aliphatic rings. The van der Waals surface area contributed by atoms with Crippen LogP contribution in [0.3, 0.4) is 0 Å². The molecule has 138 valence electrons. The molecular weight excluding hydrogens is 376 g/mol. The van der Waals surface area contributed by atoms with Crippen molar-refractivity contribution in [1.29, 1.82) is 0 Å². The standard InChI is InChI=1S/C18H19ClN2O4S/c1-21(2)26(23,24)17-11-13(7-9-16(17)25-3)8-10-18(22)20-15-6-4-5-14(19)12-15/h4-12H,1-3H3,(H,20,22)/b10-8+. The lowest BCUT2D eigenvalue weighted by Crippen LogP contribution is -2.22. The molecule has 0 heterocycles. The number of carbonyl (C=O) groups excluding carboxylic acids is 1. The van der Waals surface area contributed by atoms with Crippen molar-refractivity contribution >= 4 is 39.3 Å². The lowest BCUT2D eigenvalue weighted by Gasteiger charge is -2.15. The third kappa shape index (κ3) is 4.85. The number of amides is 1. The number of methoxy groups -OCH3 is 1. The zero-order valence-electron chi connectivity index (χ0n) is 14.6. The van der Waals surface area contributed by atoms with E-state index in [9.17, 15) is 13.2 Å². The first kappa shape index (κ1) is 20.0. The van der Waals surface area contributed by atoms with Gasteiger partial charge in [-0.15, -0.1) is 0 Å². The summed E-state index contributed by atoms with van der Waals surface area (Å²) in [5.74, 6) is -0.126. The van der Waals surface area contributed by atoms with Gasteiger partial charge >= 0.3 is 0 Å². The van der Waals surface area contributed by atoms with Gasteiger partial charge in [0.05, 0.1) is 7.11 Å². The molecule has 2 aromatic carbocycles. The van der Waals surface area contributed by atoms with Crippen molar-refractivity contribution in [3.8, 4) is 5.75 Å². The van der Waals surface area contributed by atoms with E-state index < -0.39 is 10.0 Å². The predicted molar refractivity (Wildman–Crippen MR) is 103 cm³/mol. The average molecular weight is 395 g/mol. The minimum absolute atomic E-state index is 0.0300. The van der Waals surface area contributed by atoms with Gasteiger partial charge in [-0.05, 0) is 42.0 Å². The summed E-state index contributed by atoms with van der Waals surface area (Å²) in [6, 6.07) is 11.4. The zero-order valence-corrected chi connectivity index (χ0v) is 16.1. The summed E-state index contributed by atoms with van der Waals surface area (Å²) in [5, 5.41) is 3.19. The number of hydrogen-bond acceptors (Lipinski definition) is 4. The van der Waals surface area contributed by atoms with Gasteiger partial charge in [-0.1, -0.05) is 23.7 Å². The third-order valence-corrected chi connectivity index (χ3v) is 5.54. The quantitative estimate of drug-likeness (QED) is 0.763. The maximum Gasteiger partial charge on any atom is 0.248 e. The number of nitrogens with zero attached hydrogens (tertiary/aromatic N) is 1. The molecule has 0 aromatic heterocycles. The summed E-state index contributed by atoms with van der Waals surface area (Å²) in [4.78, 5) is 12.0. The van der Waals surface area contributed by atoms with Gasteiger partial charge in [0.2, 0.25) is 15.9 Å². The molecule has 0 unspecified atom stereocenters.